The Kier molecular flexibility index (Phi) is 9.79. The Morgan fingerprint density at radius 2 is 1.93 bits per heavy atom. The molecule has 0 heterocycles. The normalized spacial score (nSPS) is 12.8. The summed E-state index contributed by atoms with van der Waals surface area (Å²) >= 11 is 5.95. The van der Waals surface area contributed by atoms with Crippen molar-refractivity contribution in [1.29, 1.82) is 0 Å². The average Bonchev–Trinajstić information content (AvgIpc) is 2.64. The fraction of sp³-hybridized carbons (Fsp3) is 0.550. The number of halogens is 1. The molecular formula is C20H30ClN3O4. The Bertz CT molecular complexity index is 696. The van der Waals surface area contributed by atoms with Gasteiger partial charge in [0.1, 0.15) is 11.8 Å². The number of hydrogen-bond acceptors (Lipinski definition) is 4. The highest BCUT2D eigenvalue weighted by molar-refractivity contribution is 6.30. The zero-order chi connectivity index (χ0) is 21.3. The van der Waals surface area contributed by atoms with E-state index in [4.69, 9.17) is 22.1 Å². The van der Waals surface area contributed by atoms with E-state index in [-0.39, 0.29) is 12.3 Å². The van der Waals surface area contributed by atoms with Crippen LogP contribution in [-0.4, -0.2) is 47.9 Å². The molecule has 1 aromatic rings. The largest absolute Gasteiger partial charge is 0.481 e. The van der Waals surface area contributed by atoms with Crippen molar-refractivity contribution in [2.45, 2.75) is 59.1 Å². The van der Waals surface area contributed by atoms with Crippen LogP contribution in [0.2, 0.25) is 5.02 Å². The van der Waals surface area contributed by atoms with Crippen LogP contribution in [0.3, 0.4) is 0 Å². The molecule has 8 heteroatoms. The number of ether oxygens (including phenoxy) is 1. The molecule has 156 valence electrons. The van der Waals surface area contributed by atoms with E-state index in [1.165, 1.54) is 4.90 Å². The number of rotatable bonds is 11. The number of hydrogen-bond donors (Lipinski definition) is 2. The van der Waals surface area contributed by atoms with Crippen molar-refractivity contribution < 1.29 is 19.1 Å². The fourth-order valence-electron chi connectivity index (χ4n) is 2.76. The number of nitrogens with two attached hydrogens (primary N) is 1. The predicted octanol–water partition coefficient (Wildman–Crippen LogP) is 2.42. The number of carbonyl (C=O) groups is 3. The fourth-order valence-corrected chi connectivity index (χ4v) is 2.98. The third-order valence-electron chi connectivity index (χ3n) is 4.19. The van der Waals surface area contributed by atoms with Crippen LogP contribution in [0.1, 0.15) is 45.6 Å². The molecule has 0 saturated carbocycles. The van der Waals surface area contributed by atoms with Crippen molar-refractivity contribution >= 4 is 29.3 Å². The van der Waals surface area contributed by atoms with Gasteiger partial charge in [-0.2, -0.15) is 0 Å². The van der Waals surface area contributed by atoms with Crippen LogP contribution in [-0.2, 0) is 14.4 Å². The van der Waals surface area contributed by atoms with Gasteiger partial charge in [-0.3, -0.25) is 14.4 Å². The van der Waals surface area contributed by atoms with E-state index in [0.29, 0.717) is 30.3 Å². The maximum atomic E-state index is 13.0. The van der Waals surface area contributed by atoms with Gasteiger partial charge >= 0.3 is 0 Å². The highest BCUT2D eigenvalue weighted by Crippen LogP contribution is 2.23. The van der Waals surface area contributed by atoms with E-state index >= 15 is 0 Å². The van der Waals surface area contributed by atoms with Crippen LogP contribution >= 0.6 is 11.6 Å². The minimum absolute atomic E-state index is 0.173. The number of amides is 3. The van der Waals surface area contributed by atoms with Crippen LogP contribution < -0.4 is 15.8 Å². The molecule has 0 aliphatic carbocycles. The molecule has 1 aromatic carbocycles. The Balaban J connectivity index is 2.96. The van der Waals surface area contributed by atoms with Crippen molar-refractivity contribution in [2.24, 2.45) is 5.73 Å². The van der Waals surface area contributed by atoms with Gasteiger partial charge in [-0.05, 0) is 50.5 Å². The highest BCUT2D eigenvalue weighted by atomic mass is 35.5. The van der Waals surface area contributed by atoms with Gasteiger partial charge in [-0.25, -0.2) is 0 Å². The van der Waals surface area contributed by atoms with Crippen molar-refractivity contribution in [3.05, 3.63) is 28.8 Å². The summed E-state index contributed by atoms with van der Waals surface area (Å²) in [6.45, 7) is 8.03. The summed E-state index contributed by atoms with van der Waals surface area (Å²) in [7, 11) is 0. The van der Waals surface area contributed by atoms with Crippen LogP contribution in [0.25, 0.3) is 0 Å². The van der Waals surface area contributed by atoms with Crippen molar-refractivity contribution in [2.75, 3.05) is 13.1 Å². The lowest BCUT2D eigenvalue weighted by molar-refractivity contribution is -0.146. The molecule has 3 amide bonds. The average molecular weight is 412 g/mol. The van der Waals surface area contributed by atoms with Gasteiger partial charge in [0.05, 0.1) is 6.42 Å². The number of nitrogens with one attached hydrogen (secondary N) is 1. The van der Waals surface area contributed by atoms with Crippen molar-refractivity contribution in [1.82, 2.24) is 10.2 Å². The molecule has 0 fully saturated rings. The Morgan fingerprint density at radius 3 is 2.46 bits per heavy atom. The minimum atomic E-state index is -1.03. The van der Waals surface area contributed by atoms with E-state index in [9.17, 15) is 14.4 Å². The van der Waals surface area contributed by atoms with Crippen LogP contribution in [0.5, 0.6) is 5.75 Å². The number of carbonyl (C=O) groups excluding carboxylic acids is 3. The lowest BCUT2D eigenvalue weighted by Crippen LogP contribution is -2.53. The molecule has 7 nitrogen and oxygen atoms in total. The Hall–Kier alpha value is -2.28. The van der Waals surface area contributed by atoms with Crippen LogP contribution in [0.15, 0.2) is 18.2 Å². The van der Waals surface area contributed by atoms with Gasteiger partial charge in [0.15, 0.2) is 6.10 Å². The lowest BCUT2D eigenvalue weighted by Gasteiger charge is -2.31. The summed E-state index contributed by atoms with van der Waals surface area (Å²) < 4.78 is 5.79. The van der Waals surface area contributed by atoms with Gasteiger partial charge in [0.2, 0.25) is 11.8 Å². The summed E-state index contributed by atoms with van der Waals surface area (Å²) in [5.74, 6) is -0.911. The maximum Gasteiger partial charge on any atom is 0.264 e. The number of aryl methyl sites for hydroxylation is 1. The first-order chi connectivity index (χ1) is 13.2. The molecule has 0 aromatic heterocycles. The van der Waals surface area contributed by atoms with Gasteiger partial charge in [0.25, 0.3) is 5.91 Å². The molecule has 1 rings (SSSR count). The summed E-state index contributed by atoms with van der Waals surface area (Å²) in [6, 6.07) is 4.08. The standard InChI is InChI=1S/C20H30ClN3O4/c1-5-9-23-18(25)12-16(19(22)26)24(10-6-2)20(27)14(4)28-17-8-7-15(21)11-13(17)3/h7-8,11,14,16H,5-6,9-10,12H2,1-4H3,(H2,22,26)(H,23,25)/t14-,16-/m1/s1. The maximum absolute atomic E-state index is 13.0. The summed E-state index contributed by atoms with van der Waals surface area (Å²) in [5.41, 5.74) is 6.30. The van der Waals surface area contributed by atoms with Crippen LogP contribution in [0, 0.1) is 6.92 Å². The molecule has 2 atom stereocenters. The molecule has 3 N–H and O–H groups in total. The molecule has 0 radical (unpaired) electrons. The molecule has 0 aliphatic rings. The molecule has 0 bridgehead atoms. The highest BCUT2D eigenvalue weighted by Gasteiger charge is 2.33. The second-order valence-corrected chi connectivity index (χ2v) is 7.11. The third-order valence-corrected chi connectivity index (χ3v) is 4.43. The van der Waals surface area contributed by atoms with E-state index in [2.05, 4.69) is 5.32 Å². The lowest BCUT2D eigenvalue weighted by atomic mass is 10.1. The summed E-state index contributed by atoms with van der Waals surface area (Å²) in [4.78, 5) is 38.4. The first kappa shape index (κ1) is 23.8. The molecular weight excluding hydrogens is 382 g/mol. The number of primary amides is 1. The first-order valence-electron chi connectivity index (χ1n) is 9.50. The zero-order valence-corrected chi connectivity index (χ0v) is 17.7. The first-order valence-corrected chi connectivity index (χ1v) is 9.88. The minimum Gasteiger partial charge on any atom is -0.481 e. The third kappa shape index (κ3) is 7.03. The SMILES string of the molecule is CCCNC(=O)C[C@H](C(N)=O)N(CCC)C(=O)[C@@H](C)Oc1ccc(Cl)cc1C. The summed E-state index contributed by atoms with van der Waals surface area (Å²) in [5, 5.41) is 3.28. The molecule has 0 aliphatic heterocycles. The molecule has 0 unspecified atom stereocenters. The smallest absolute Gasteiger partial charge is 0.264 e. The topological polar surface area (TPSA) is 102 Å². The van der Waals surface area contributed by atoms with Crippen molar-refractivity contribution in [3.8, 4) is 5.75 Å². The van der Waals surface area contributed by atoms with E-state index in [1.807, 2.05) is 20.8 Å². The Labute approximate surface area is 171 Å². The second-order valence-electron chi connectivity index (χ2n) is 6.67. The van der Waals surface area contributed by atoms with E-state index in [1.54, 1.807) is 25.1 Å². The monoisotopic (exact) mass is 411 g/mol. The van der Waals surface area contributed by atoms with E-state index < -0.39 is 24.0 Å². The molecule has 0 spiro atoms. The van der Waals surface area contributed by atoms with Gasteiger partial charge in [0, 0.05) is 18.1 Å². The summed E-state index contributed by atoms with van der Waals surface area (Å²) in [6.07, 6.45) is 0.356. The Morgan fingerprint density at radius 1 is 1.25 bits per heavy atom. The number of benzene rings is 1. The second kappa shape index (κ2) is 11.5. The molecule has 28 heavy (non-hydrogen) atoms. The van der Waals surface area contributed by atoms with Gasteiger partial charge in [-0.1, -0.05) is 25.4 Å². The van der Waals surface area contributed by atoms with E-state index in [0.717, 1.165) is 12.0 Å². The number of nitrogens with zero attached hydrogens (tertiary/aromatic N) is 1. The van der Waals surface area contributed by atoms with Gasteiger partial charge in [-0.15, -0.1) is 0 Å². The predicted molar refractivity (Wildman–Crippen MR) is 109 cm³/mol. The van der Waals surface area contributed by atoms with Crippen molar-refractivity contribution in [3.63, 3.8) is 0 Å². The quantitative estimate of drug-likeness (QED) is 0.583. The van der Waals surface area contributed by atoms with Crippen LogP contribution in [0.4, 0.5) is 0 Å². The molecule has 0 saturated heterocycles. The zero-order valence-electron chi connectivity index (χ0n) is 17.0. The van der Waals surface area contributed by atoms with Gasteiger partial charge < -0.3 is 20.7 Å².